The Morgan fingerprint density at radius 2 is 1.89 bits per heavy atom. The largest absolute Gasteiger partial charge is 0.335 e. The van der Waals surface area contributed by atoms with Crippen LogP contribution in [0, 0.1) is 0 Å². The number of tetrazole rings is 1. The molecule has 36 heavy (non-hydrogen) atoms. The molecule has 0 bridgehead atoms. The molecule has 184 valence electrons. The lowest BCUT2D eigenvalue weighted by Gasteiger charge is -2.09. The number of hydrogen-bond acceptors (Lipinski definition) is 7. The van der Waals surface area contributed by atoms with E-state index in [1.165, 1.54) is 6.33 Å². The Balaban J connectivity index is 1.47. The lowest BCUT2D eigenvalue weighted by atomic mass is 10.0. The molecule has 4 heterocycles. The van der Waals surface area contributed by atoms with Crippen molar-refractivity contribution in [2.24, 2.45) is 0 Å². The molecular formula is C25H28N10O. The van der Waals surface area contributed by atoms with Gasteiger partial charge in [0.2, 0.25) is 11.8 Å². The van der Waals surface area contributed by atoms with Crippen LogP contribution >= 0.6 is 0 Å². The lowest BCUT2D eigenvalue weighted by molar-refractivity contribution is 0.515. The molecule has 0 radical (unpaired) electrons. The van der Waals surface area contributed by atoms with Gasteiger partial charge in [0, 0.05) is 29.2 Å². The van der Waals surface area contributed by atoms with E-state index in [1.54, 1.807) is 13.8 Å². The summed E-state index contributed by atoms with van der Waals surface area (Å²) in [4.78, 5) is 22.5. The Bertz CT molecular complexity index is 1490. The maximum Gasteiger partial charge on any atom is 0.335 e. The molecule has 4 aromatic heterocycles. The highest BCUT2D eigenvalue weighted by Crippen LogP contribution is 2.29. The second-order valence-corrected chi connectivity index (χ2v) is 8.88. The topological polar surface area (TPSA) is 125 Å². The predicted molar refractivity (Wildman–Crippen MR) is 135 cm³/mol. The van der Waals surface area contributed by atoms with Crippen LogP contribution in [0.25, 0.3) is 28.5 Å². The van der Waals surface area contributed by atoms with Gasteiger partial charge in [-0.05, 0) is 43.5 Å². The van der Waals surface area contributed by atoms with Gasteiger partial charge in [0.25, 0.3) is 0 Å². The van der Waals surface area contributed by atoms with E-state index in [-0.39, 0.29) is 11.7 Å². The molecule has 0 aliphatic rings. The molecular weight excluding hydrogens is 456 g/mol. The summed E-state index contributed by atoms with van der Waals surface area (Å²) in [6.45, 7) is 6.54. The monoisotopic (exact) mass is 484 g/mol. The molecule has 0 aliphatic carbocycles. The zero-order chi connectivity index (χ0) is 25.1. The Morgan fingerprint density at radius 3 is 2.58 bits per heavy atom. The minimum absolute atomic E-state index is 0.0846. The smallest absolute Gasteiger partial charge is 0.290 e. The highest BCUT2D eigenvalue weighted by molar-refractivity contribution is 5.79. The molecule has 0 amide bonds. The fourth-order valence-electron chi connectivity index (χ4n) is 4.22. The van der Waals surface area contributed by atoms with Gasteiger partial charge >= 0.3 is 5.69 Å². The van der Waals surface area contributed by atoms with E-state index in [1.807, 2.05) is 62.6 Å². The third-order valence-corrected chi connectivity index (χ3v) is 6.08. The number of hydrogen-bond donors (Lipinski definition) is 1. The summed E-state index contributed by atoms with van der Waals surface area (Å²) in [5.74, 6) is 1.05. The average Bonchev–Trinajstić information content (AvgIpc) is 3.65. The van der Waals surface area contributed by atoms with Crippen molar-refractivity contribution < 1.29 is 0 Å². The first-order chi connectivity index (χ1) is 17.6. The number of rotatable bonds is 9. The summed E-state index contributed by atoms with van der Waals surface area (Å²) >= 11 is 0. The van der Waals surface area contributed by atoms with E-state index in [4.69, 9.17) is 0 Å². The lowest BCUT2D eigenvalue weighted by Crippen LogP contribution is -2.27. The molecule has 5 rings (SSSR count). The average molecular weight is 485 g/mol. The molecule has 11 heteroatoms. The zero-order valence-electron chi connectivity index (χ0n) is 20.5. The molecule has 0 saturated heterocycles. The summed E-state index contributed by atoms with van der Waals surface area (Å²) in [7, 11) is 0. The molecule has 0 aliphatic heterocycles. The van der Waals surface area contributed by atoms with Crippen LogP contribution in [0.15, 0.2) is 59.9 Å². The van der Waals surface area contributed by atoms with Crippen molar-refractivity contribution in [1.82, 2.24) is 49.5 Å². The number of benzene rings is 1. The van der Waals surface area contributed by atoms with Gasteiger partial charge in [-0.1, -0.05) is 43.7 Å². The van der Waals surface area contributed by atoms with Gasteiger partial charge in [0.05, 0.1) is 18.3 Å². The number of nitrogens with zero attached hydrogens (tertiary/aromatic N) is 9. The van der Waals surface area contributed by atoms with Crippen LogP contribution in [0.4, 0.5) is 0 Å². The van der Waals surface area contributed by atoms with Gasteiger partial charge in [-0.2, -0.15) is 15.3 Å². The van der Waals surface area contributed by atoms with Crippen molar-refractivity contribution in [3.63, 3.8) is 0 Å². The molecule has 0 spiro atoms. The van der Waals surface area contributed by atoms with Crippen molar-refractivity contribution in [2.45, 2.75) is 52.6 Å². The van der Waals surface area contributed by atoms with Gasteiger partial charge in [-0.15, -0.1) is 10.2 Å². The van der Waals surface area contributed by atoms with Gasteiger partial charge < -0.3 is 0 Å². The molecule has 11 nitrogen and oxygen atoms in total. The number of aromatic nitrogens is 10. The van der Waals surface area contributed by atoms with E-state index < -0.39 is 0 Å². The van der Waals surface area contributed by atoms with Gasteiger partial charge in [-0.3, -0.25) is 9.55 Å². The van der Waals surface area contributed by atoms with Crippen molar-refractivity contribution in [2.75, 3.05) is 0 Å². The quantitative estimate of drug-likeness (QED) is 0.340. The standard InChI is InChI=1S/C25H28N10O/c1-4-5-8-20-15-34(24-27-16-28-35(24)17(2)3)25(36)33(20)14-19-12-11-18(13-26-19)21-9-6-7-10-22(21)23-29-31-32-30-23/h6-7,9-13,15-17H,4-5,8,14H2,1-3H3,(H,29,30,31,32). The first-order valence-electron chi connectivity index (χ1n) is 12.1. The Hall–Kier alpha value is -4.41. The Kier molecular flexibility index (Phi) is 6.52. The van der Waals surface area contributed by atoms with Gasteiger partial charge in [0.15, 0.2) is 0 Å². The van der Waals surface area contributed by atoms with E-state index >= 15 is 0 Å². The van der Waals surface area contributed by atoms with Crippen LogP contribution in [-0.4, -0.2) is 49.5 Å². The van der Waals surface area contributed by atoms with E-state index in [2.05, 4.69) is 42.6 Å². The van der Waals surface area contributed by atoms with Crippen LogP contribution in [0.1, 0.15) is 51.0 Å². The maximum atomic E-state index is 13.5. The van der Waals surface area contributed by atoms with Crippen molar-refractivity contribution >= 4 is 0 Å². The summed E-state index contributed by atoms with van der Waals surface area (Å²) < 4.78 is 5.13. The number of aryl methyl sites for hydroxylation is 1. The molecule has 5 aromatic rings. The predicted octanol–water partition coefficient (Wildman–Crippen LogP) is 3.44. The fourth-order valence-corrected chi connectivity index (χ4v) is 4.22. The third kappa shape index (κ3) is 4.47. The summed E-state index contributed by atoms with van der Waals surface area (Å²) in [6.07, 6.45) is 8.00. The highest BCUT2D eigenvalue weighted by Gasteiger charge is 2.18. The maximum absolute atomic E-state index is 13.5. The van der Waals surface area contributed by atoms with Crippen LogP contribution in [0.5, 0.6) is 0 Å². The second-order valence-electron chi connectivity index (χ2n) is 8.88. The van der Waals surface area contributed by atoms with Gasteiger partial charge in [-0.25, -0.2) is 14.0 Å². The van der Waals surface area contributed by atoms with Crippen LogP contribution in [0.2, 0.25) is 0 Å². The van der Waals surface area contributed by atoms with Crippen LogP contribution < -0.4 is 5.69 Å². The third-order valence-electron chi connectivity index (χ3n) is 6.08. The van der Waals surface area contributed by atoms with Crippen LogP contribution in [0.3, 0.4) is 0 Å². The molecule has 0 unspecified atom stereocenters. The van der Waals surface area contributed by atoms with Crippen LogP contribution in [-0.2, 0) is 13.0 Å². The molecule has 1 aromatic carbocycles. The minimum atomic E-state index is -0.149. The zero-order valence-corrected chi connectivity index (χ0v) is 20.5. The molecule has 0 saturated carbocycles. The van der Waals surface area contributed by atoms with Crippen molar-refractivity contribution in [3.05, 3.63) is 77.0 Å². The first kappa shape index (κ1) is 23.3. The summed E-state index contributed by atoms with van der Waals surface area (Å²) in [5.41, 5.74) is 4.35. The van der Waals surface area contributed by atoms with Gasteiger partial charge in [0.1, 0.15) is 6.33 Å². The molecule has 1 N–H and O–H groups in total. The summed E-state index contributed by atoms with van der Waals surface area (Å²) in [5, 5.41) is 18.7. The Labute approximate surface area is 207 Å². The SMILES string of the molecule is CCCCc1cn(-c2ncnn2C(C)C)c(=O)n1Cc1ccc(-c2ccccc2-c2nn[nH]n2)cn1. The van der Waals surface area contributed by atoms with E-state index in [9.17, 15) is 4.79 Å². The normalized spacial score (nSPS) is 11.4. The highest BCUT2D eigenvalue weighted by atomic mass is 16.2. The number of aromatic amines is 1. The number of unbranched alkanes of at least 4 members (excludes halogenated alkanes) is 1. The summed E-state index contributed by atoms with van der Waals surface area (Å²) in [6, 6.07) is 11.9. The minimum Gasteiger partial charge on any atom is -0.290 e. The van der Waals surface area contributed by atoms with Crippen molar-refractivity contribution in [3.8, 4) is 28.5 Å². The second kappa shape index (κ2) is 10.1. The fraction of sp³-hybridized carbons (Fsp3) is 0.320. The van der Waals surface area contributed by atoms with E-state index in [0.717, 1.165) is 47.3 Å². The Morgan fingerprint density at radius 1 is 1.06 bits per heavy atom. The molecule has 0 atom stereocenters. The van der Waals surface area contributed by atoms with E-state index in [0.29, 0.717) is 18.3 Å². The number of nitrogens with one attached hydrogen (secondary N) is 1. The molecule has 0 fully saturated rings. The number of H-pyrrole nitrogens is 1. The van der Waals surface area contributed by atoms with Crippen molar-refractivity contribution in [1.29, 1.82) is 0 Å². The first-order valence-corrected chi connectivity index (χ1v) is 12.1. The number of pyridine rings is 1. The number of imidazole rings is 1.